The minimum Gasteiger partial charge on any atom is -0.505 e. The fourth-order valence-corrected chi connectivity index (χ4v) is 11.3. The molecule has 0 saturated heterocycles. The van der Waals surface area contributed by atoms with Crippen LogP contribution in [0.5, 0.6) is 11.5 Å². The van der Waals surface area contributed by atoms with Crippen LogP contribution in [0.25, 0.3) is 101 Å². The molecule has 9 aromatic carbocycles. The van der Waals surface area contributed by atoms with Gasteiger partial charge in [-0.1, -0.05) is 188 Å². The number of hydrogen-bond acceptors (Lipinski definition) is 4. The molecule has 0 aliphatic heterocycles. The first-order valence-corrected chi connectivity index (χ1v) is 27.6. The Morgan fingerprint density at radius 3 is 1.55 bits per heavy atom. The molecule has 0 amide bonds. The number of rotatable bonds is 13. The van der Waals surface area contributed by atoms with E-state index < -0.39 is 0 Å². The van der Waals surface area contributed by atoms with E-state index in [0.717, 1.165) is 78.3 Å². The molecule has 0 unspecified atom stereocenters. The van der Waals surface area contributed by atoms with Gasteiger partial charge in [0.15, 0.2) is 0 Å². The Bertz CT molecular complexity index is 4200. The first-order valence-electron chi connectivity index (χ1n) is 27.6. The molecule has 0 bridgehead atoms. The van der Waals surface area contributed by atoms with Crippen LogP contribution in [0.1, 0.15) is 113 Å². The summed E-state index contributed by atoms with van der Waals surface area (Å²) < 4.78 is 34.8. The molecule has 12 aromatic rings. The van der Waals surface area contributed by atoms with E-state index in [4.69, 9.17) is 19.1 Å². The van der Waals surface area contributed by atoms with Crippen LogP contribution in [0.4, 0.5) is 4.39 Å². The first-order chi connectivity index (χ1) is 38.2. The smallest absolute Gasteiger partial charge is 0.505 e. The topological polar surface area (TPSA) is 58.0 Å². The van der Waals surface area contributed by atoms with Crippen molar-refractivity contribution < 1.29 is 34.6 Å². The molecule has 0 aliphatic rings. The quantitative estimate of drug-likeness (QED) is 0.108. The predicted molar refractivity (Wildman–Crippen MR) is 323 cm³/mol. The van der Waals surface area contributed by atoms with Crippen molar-refractivity contribution in [2.45, 2.75) is 92.9 Å². The zero-order valence-electron chi connectivity index (χ0n) is 46.9. The summed E-state index contributed by atoms with van der Waals surface area (Å²) in [6, 6.07) is 67.8. The van der Waals surface area contributed by atoms with Gasteiger partial charge in [0.2, 0.25) is 0 Å². The van der Waals surface area contributed by atoms with Crippen LogP contribution in [0.2, 0.25) is 0 Å². The Morgan fingerprint density at radius 1 is 0.475 bits per heavy atom. The third kappa shape index (κ3) is 9.70. The van der Waals surface area contributed by atoms with Crippen molar-refractivity contribution in [1.29, 1.82) is 0 Å². The van der Waals surface area contributed by atoms with Crippen LogP contribution in [-0.2, 0) is 21.1 Å². The Balaban J connectivity index is 0.00000675. The van der Waals surface area contributed by atoms with Crippen molar-refractivity contribution in [3.05, 3.63) is 227 Å². The van der Waals surface area contributed by atoms with E-state index in [1.54, 1.807) is 6.07 Å². The Morgan fingerprint density at radius 2 is 0.963 bits per heavy atom. The molecular weight excluding hydrogens is 1170 g/mol. The van der Waals surface area contributed by atoms with E-state index in [1.807, 2.05) is 47.9 Å². The molecule has 0 atom stereocenters. The SMILES string of the molecule is Cc1oc2c(-c3nc4cccc(F)c4n3-c3c(C(C)C)cc(-c4ccc(-c5ccccc5)cc4)cc3C(C)C)[c-]c(Oc3[c-]c(-c4nc5ccccc5n4-c4c(C(C)C)cc(-c5ccccc5)cc4C(C)C)ccc3)cc2c1C.[Pt+2]. The molecular formula is C72H63FN4O2Pt. The summed E-state index contributed by atoms with van der Waals surface area (Å²) in [5, 5.41) is 0.849. The summed E-state index contributed by atoms with van der Waals surface area (Å²) in [6.07, 6.45) is 0. The van der Waals surface area contributed by atoms with Crippen molar-refractivity contribution in [3.63, 3.8) is 0 Å². The van der Waals surface area contributed by atoms with Gasteiger partial charge in [-0.15, -0.1) is 23.8 Å². The number of nitrogens with zero attached hydrogens (tertiary/aromatic N) is 4. The van der Waals surface area contributed by atoms with Crippen LogP contribution in [-0.4, -0.2) is 19.1 Å². The van der Waals surface area contributed by atoms with Gasteiger partial charge in [0.25, 0.3) is 0 Å². The number of aromatic nitrogens is 4. The second-order valence-corrected chi connectivity index (χ2v) is 22.1. The van der Waals surface area contributed by atoms with Gasteiger partial charge in [0, 0.05) is 22.9 Å². The maximum Gasteiger partial charge on any atom is 2.00 e. The Hall–Kier alpha value is -8.12. The number of para-hydroxylation sites is 3. The molecule has 12 rings (SSSR count). The van der Waals surface area contributed by atoms with Crippen molar-refractivity contribution in [1.82, 2.24) is 19.1 Å². The van der Waals surface area contributed by atoms with Crippen LogP contribution in [0.15, 0.2) is 180 Å². The van der Waals surface area contributed by atoms with Crippen LogP contribution >= 0.6 is 0 Å². The van der Waals surface area contributed by atoms with Crippen molar-refractivity contribution >= 4 is 33.0 Å². The summed E-state index contributed by atoms with van der Waals surface area (Å²) in [5.74, 6) is 3.10. The van der Waals surface area contributed by atoms with E-state index in [0.29, 0.717) is 39.5 Å². The van der Waals surface area contributed by atoms with Gasteiger partial charge in [0.1, 0.15) is 5.82 Å². The Kier molecular flexibility index (Phi) is 14.7. The van der Waals surface area contributed by atoms with Crippen molar-refractivity contribution in [2.75, 3.05) is 0 Å². The molecule has 8 heteroatoms. The van der Waals surface area contributed by atoms with Gasteiger partial charge in [-0.05, 0) is 147 Å². The van der Waals surface area contributed by atoms with Gasteiger partial charge >= 0.3 is 21.1 Å². The second-order valence-electron chi connectivity index (χ2n) is 22.1. The molecule has 3 heterocycles. The molecule has 0 spiro atoms. The van der Waals surface area contributed by atoms with Crippen LogP contribution < -0.4 is 4.74 Å². The summed E-state index contributed by atoms with van der Waals surface area (Å²) in [4.78, 5) is 10.7. The van der Waals surface area contributed by atoms with E-state index in [-0.39, 0.29) is 50.6 Å². The zero-order chi connectivity index (χ0) is 54.8. The van der Waals surface area contributed by atoms with Gasteiger partial charge in [-0.3, -0.25) is 9.97 Å². The first kappa shape index (κ1) is 53.9. The average Bonchev–Trinajstić information content (AvgIpc) is 4.25. The monoisotopic (exact) mass is 1230 g/mol. The summed E-state index contributed by atoms with van der Waals surface area (Å²) >= 11 is 0. The van der Waals surface area contributed by atoms with E-state index in [2.05, 4.69) is 206 Å². The predicted octanol–water partition coefficient (Wildman–Crippen LogP) is 20.1. The number of furan rings is 1. The molecule has 6 nitrogen and oxygen atoms in total. The maximum absolute atomic E-state index is 16.9. The van der Waals surface area contributed by atoms with Crippen molar-refractivity contribution in [3.8, 4) is 79.0 Å². The number of ether oxygens (including phenoxy) is 1. The fourth-order valence-electron chi connectivity index (χ4n) is 11.3. The van der Waals surface area contributed by atoms with Crippen LogP contribution in [0, 0.1) is 31.8 Å². The standard InChI is InChI=1S/C72H63FN4O2.Pt/c1-42(2)57-36-53(49-23-15-12-16-24-49)37-58(43(3)4)67(57)76-66-30-18-17-28-64(66)74-71(76)52-25-19-26-55(35-52)79-56-40-61-46(9)47(10)78-70(61)62(41-56)72-75-65-29-20-27-63(73)69(65)77(72)68-59(44(5)6)38-54(39-60(68)45(7)8)51-33-31-50(32-34-51)48-21-13-11-14-22-48;/h11-34,36-40,42-45H,1-10H3;/q-2;+2. The summed E-state index contributed by atoms with van der Waals surface area (Å²) in [5.41, 5.74) is 19.2. The molecule has 0 saturated carbocycles. The molecule has 0 radical (unpaired) electrons. The molecule has 0 aliphatic carbocycles. The number of benzene rings is 9. The maximum atomic E-state index is 16.9. The molecule has 80 heavy (non-hydrogen) atoms. The van der Waals surface area contributed by atoms with Gasteiger partial charge in [0.05, 0.1) is 45.1 Å². The molecule has 3 aromatic heterocycles. The van der Waals surface area contributed by atoms with Gasteiger partial charge in [-0.2, -0.15) is 0 Å². The zero-order valence-corrected chi connectivity index (χ0v) is 49.1. The Labute approximate surface area is 483 Å². The number of imidazole rings is 2. The third-order valence-corrected chi connectivity index (χ3v) is 15.5. The van der Waals surface area contributed by atoms with E-state index >= 15 is 4.39 Å². The second kappa shape index (κ2) is 21.8. The number of halogens is 1. The van der Waals surface area contributed by atoms with Gasteiger partial charge < -0.3 is 18.3 Å². The molecule has 0 N–H and O–H groups in total. The molecule has 0 fully saturated rings. The summed E-state index contributed by atoms with van der Waals surface area (Å²) in [7, 11) is 0. The third-order valence-electron chi connectivity index (χ3n) is 15.5. The fraction of sp³-hybridized carbons (Fsp3) is 0.194. The number of fused-ring (bicyclic) bond motifs is 3. The minimum absolute atomic E-state index is 0. The normalized spacial score (nSPS) is 11.8. The average molecular weight is 1230 g/mol. The summed E-state index contributed by atoms with van der Waals surface area (Å²) in [6.45, 7) is 21.9. The van der Waals surface area contributed by atoms with Gasteiger partial charge in [-0.25, -0.2) is 4.39 Å². The number of hydrogen-bond donors (Lipinski definition) is 0. The van der Waals surface area contributed by atoms with E-state index in [9.17, 15) is 0 Å². The largest absolute Gasteiger partial charge is 2.00 e. The van der Waals surface area contributed by atoms with Crippen molar-refractivity contribution in [2.24, 2.45) is 0 Å². The number of aryl methyl sites for hydroxylation is 2. The van der Waals surface area contributed by atoms with E-state index in [1.165, 1.54) is 33.9 Å². The molecule has 400 valence electrons. The van der Waals surface area contributed by atoms with Crippen LogP contribution in [0.3, 0.4) is 0 Å². The minimum atomic E-state index is -0.373.